The van der Waals surface area contributed by atoms with E-state index in [-0.39, 0.29) is 47.9 Å². The monoisotopic (exact) mass is 331 g/mol. The van der Waals surface area contributed by atoms with Crippen LogP contribution in [0.3, 0.4) is 0 Å². The molecule has 2 aliphatic carbocycles. The number of carbonyl (C=O) groups excluding carboxylic acids is 3. The van der Waals surface area contributed by atoms with Crippen molar-refractivity contribution in [3.63, 3.8) is 0 Å². The zero-order chi connectivity index (χ0) is 16.3. The van der Waals surface area contributed by atoms with Crippen molar-refractivity contribution in [3.8, 4) is 0 Å². The largest absolute Gasteiger partial charge is 0.290 e. The minimum atomic E-state index is -0.290. The van der Waals surface area contributed by atoms with Crippen molar-refractivity contribution in [2.24, 2.45) is 23.7 Å². The highest BCUT2D eigenvalue weighted by Crippen LogP contribution is 2.52. The van der Waals surface area contributed by atoms with E-state index in [9.17, 15) is 14.4 Å². The summed E-state index contributed by atoms with van der Waals surface area (Å²) in [5, 5.41) is 2.44. The quantitative estimate of drug-likeness (QED) is 0.617. The van der Waals surface area contributed by atoms with Gasteiger partial charge in [-0.15, -0.1) is 11.3 Å². The predicted octanol–water partition coefficient (Wildman–Crippen LogP) is 1.22. The van der Waals surface area contributed by atoms with Gasteiger partial charge in [0.1, 0.15) is 6.54 Å². The molecule has 120 valence electrons. The number of amides is 3. The lowest BCUT2D eigenvalue weighted by molar-refractivity contribution is -0.143. The van der Waals surface area contributed by atoms with Gasteiger partial charge in [0, 0.05) is 12.4 Å². The van der Waals surface area contributed by atoms with Gasteiger partial charge in [-0.2, -0.15) is 0 Å². The molecular weight excluding hydrogens is 314 g/mol. The fourth-order valence-corrected chi connectivity index (χ4v) is 4.75. The molecule has 1 aromatic heterocycles. The molecule has 3 aliphatic rings. The summed E-state index contributed by atoms with van der Waals surface area (Å²) in [7, 11) is 1.62. The number of fused-ring (bicyclic) bond motifs is 5. The first-order valence-electron chi connectivity index (χ1n) is 7.69. The van der Waals surface area contributed by atoms with Crippen LogP contribution >= 0.6 is 11.3 Å². The standard InChI is InChI=1S/C16H17N3O3S/c1-8-7-23-16(17-8)18(2)11(20)6-19-14(21)12-9-3-4-10(5-9)13(12)15(19)22/h3-4,7,9-10,12-13H,5-6H2,1-2H3/t9-,10-,12-,13+/m0/s1. The zero-order valence-electron chi connectivity index (χ0n) is 12.9. The molecule has 23 heavy (non-hydrogen) atoms. The topological polar surface area (TPSA) is 70.6 Å². The third kappa shape index (κ3) is 2.06. The third-order valence-corrected chi connectivity index (χ3v) is 6.16. The van der Waals surface area contributed by atoms with E-state index in [1.54, 1.807) is 7.05 Å². The number of allylic oxidation sites excluding steroid dienone is 2. The van der Waals surface area contributed by atoms with E-state index in [4.69, 9.17) is 0 Å². The van der Waals surface area contributed by atoms with Gasteiger partial charge < -0.3 is 0 Å². The first kappa shape index (κ1) is 14.6. The summed E-state index contributed by atoms with van der Waals surface area (Å²) >= 11 is 1.37. The Bertz CT molecular complexity index is 711. The van der Waals surface area contributed by atoms with E-state index < -0.39 is 0 Å². The normalized spacial score (nSPS) is 31.1. The van der Waals surface area contributed by atoms with Crippen LogP contribution in [0.15, 0.2) is 17.5 Å². The lowest BCUT2D eigenvalue weighted by Gasteiger charge is -2.20. The number of imide groups is 1. The molecule has 6 nitrogen and oxygen atoms in total. The number of hydrogen-bond donors (Lipinski definition) is 0. The highest BCUT2D eigenvalue weighted by molar-refractivity contribution is 7.14. The second-order valence-electron chi connectivity index (χ2n) is 6.49. The lowest BCUT2D eigenvalue weighted by atomic mass is 9.85. The van der Waals surface area contributed by atoms with Gasteiger partial charge in [0.25, 0.3) is 0 Å². The number of likely N-dealkylation sites (tertiary alicyclic amines) is 1. The average molecular weight is 331 g/mol. The Morgan fingerprint density at radius 1 is 1.30 bits per heavy atom. The summed E-state index contributed by atoms with van der Waals surface area (Å²) in [4.78, 5) is 44.4. The van der Waals surface area contributed by atoms with Gasteiger partial charge in [-0.3, -0.25) is 24.2 Å². The molecule has 0 spiro atoms. The van der Waals surface area contributed by atoms with Crippen LogP contribution in [0.4, 0.5) is 5.13 Å². The number of hydrogen-bond acceptors (Lipinski definition) is 5. The van der Waals surface area contributed by atoms with Gasteiger partial charge in [-0.05, 0) is 25.2 Å². The maximum absolute atomic E-state index is 12.6. The minimum Gasteiger partial charge on any atom is -0.290 e. The molecule has 1 saturated heterocycles. The van der Waals surface area contributed by atoms with E-state index in [0.717, 1.165) is 17.0 Å². The number of thiazole rings is 1. The molecule has 4 atom stereocenters. The summed E-state index contributed by atoms with van der Waals surface area (Å²) < 4.78 is 0. The number of carbonyl (C=O) groups is 3. The van der Waals surface area contributed by atoms with Crippen LogP contribution in [0.5, 0.6) is 0 Å². The molecule has 1 aromatic rings. The fourth-order valence-electron chi connectivity index (χ4n) is 3.96. The van der Waals surface area contributed by atoms with Gasteiger partial charge in [-0.1, -0.05) is 12.2 Å². The van der Waals surface area contributed by atoms with Crippen molar-refractivity contribution >= 4 is 34.2 Å². The SMILES string of the molecule is Cc1csc(N(C)C(=O)CN2C(=O)[C@@H]3[C@H](C2=O)[C@H]2C=C[C@H]3C2)n1. The fraction of sp³-hybridized carbons (Fsp3) is 0.500. The van der Waals surface area contributed by atoms with Crippen molar-refractivity contribution in [1.82, 2.24) is 9.88 Å². The van der Waals surface area contributed by atoms with E-state index in [0.29, 0.717) is 5.13 Å². The Hall–Kier alpha value is -2.02. The molecule has 2 heterocycles. The average Bonchev–Trinajstić information content (AvgIpc) is 3.27. The summed E-state index contributed by atoms with van der Waals surface area (Å²) in [6, 6.07) is 0. The molecule has 0 radical (unpaired) electrons. The molecule has 1 saturated carbocycles. The second kappa shape index (κ2) is 4.99. The van der Waals surface area contributed by atoms with Crippen LogP contribution in [0, 0.1) is 30.6 Å². The summed E-state index contributed by atoms with van der Waals surface area (Å²) in [6.07, 6.45) is 4.99. The maximum atomic E-state index is 12.6. The van der Waals surface area contributed by atoms with E-state index in [1.807, 2.05) is 24.5 Å². The Kier molecular flexibility index (Phi) is 3.16. The van der Waals surface area contributed by atoms with Crippen LogP contribution in [0.2, 0.25) is 0 Å². The number of aryl methyl sites for hydroxylation is 1. The van der Waals surface area contributed by atoms with Crippen LogP contribution in [0.1, 0.15) is 12.1 Å². The van der Waals surface area contributed by atoms with Crippen molar-refractivity contribution in [3.05, 3.63) is 23.2 Å². The van der Waals surface area contributed by atoms with E-state index >= 15 is 0 Å². The van der Waals surface area contributed by atoms with Crippen molar-refractivity contribution in [2.45, 2.75) is 13.3 Å². The Balaban J connectivity index is 1.50. The molecule has 7 heteroatoms. The Morgan fingerprint density at radius 2 is 1.91 bits per heavy atom. The molecule has 0 aromatic carbocycles. The molecule has 4 rings (SSSR count). The van der Waals surface area contributed by atoms with Gasteiger partial charge >= 0.3 is 0 Å². The highest BCUT2D eigenvalue weighted by atomic mass is 32.1. The summed E-state index contributed by atoms with van der Waals surface area (Å²) in [5.74, 6) is -0.832. The molecular formula is C16H17N3O3S. The van der Waals surface area contributed by atoms with Crippen LogP contribution in [0.25, 0.3) is 0 Å². The Labute approximate surface area is 137 Å². The smallest absolute Gasteiger partial charge is 0.248 e. The summed E-state index contributed by atoms with van der Waals surface area (Å²) in [6.45, 7) is 1.66. The molecule has 0 N–H and O–H groups in total. The number of nitrogens with zero attached hydrogens (tertiary/aromatic N) is 3. The Morgan fingerprint density at radius 3 is 2.43 bits per heavy atom. The van der Waals surface area contributed by atoms with E-state index in [2.05, 4.69) is 4.98 Å². The number of aromatic nitrogens is 1. The first-order valence-corrected chi connectivity index (χ1v) is 8.57. The molecule has 3 amide bonds. The molecule has 1 aliphatic heterocycles. The van der Waals surface area contributed by atoms with Crippen LogP contribution in [-0.4, -0.2) is 41.2 Å². The lowest BCUT2D eigenvalue weighted by Crippen LogP contribution is -2.42. The van der Waals surface area contributed by atoms with Crippen LogP contribution in [-0.2, 0) is 14.4 Å². The van der Waals surface area contributed by atoms with Gasteiger partial charge in [-0.25, -0.2) is 4.98 Å². The number of rotatable bonds is 3. The van der Waals surface area contributed by atoms with E-state index in [1.165, 1.54) is 16.2 Å². The van der Waals surface area contributed by atoms with Crippen LogP contribution < -0.4 is 4.90 Å². The minimum absolute atomic E-state index is 0.167. The molecule has 2 fully saturated rings. The molecule has 0 unspecified atom stereocenters. The maximum Gasteiger partial charge on any atom is 0.248 e. The zero-order valence-corrected chi connectivity index (χ0v) is 13.7. The first-order chi connectivity index (χ1) is 11.0. The number of likely N-dealkylation sites (N-methyl/N-ethyl adjacent to an activating group) is 1. The van der Waals surface area contributed by atoms with Crippen molar-refractivity contribution < 1.29 is 14.4 Å². The molecule has 2 bridgehead atoms. The van der Waals surface area contributed by atoms with Crippen molar-refractivity contribution in [2.75, 3.05) is 18.5 Å². The van der Waals surface area contributed by atoms with Crippen molar-refractivity contribution in [1.29, 1.82) is 0 Å². The highest BCUT2D eigenvalue weighted by Gasteiger charge is 2.59. The van der Waals surface area contributed by atoms with Gasteiger partial charge in [0.2, 0.25) is 17.7 Å². The second-order valence-corrected chi connectivity index (χ2v) is 7.32. The summed E-state index contributed by atoms with van der Waals surface area (Å²) in [5.41, 5.74) is 0.843. The van der Waals surface area contributed by atoms with Gasteiger partial charge in [0.15, 0.2) is 5.13 Å². The number of anilines is 1. The third-order valence-electron chi connectivity index (χ3n) is 5.12. The van der Waals surface area contributed by atoms with Gasteiger partial charge in [0.05, 0.1) is 17.5 Å². The predicted molar refractivity (Wildman–Crippen MR) is 84.7 cm³/mol.